The molecule has 16 heavy (non-hydrogen) atoms. The van der Waals surface area contributed by atoms with Gasteiger partial charge in [0.15, 0.2) is 5.58 Å². The molecule has 0 aliphatic carbocycles. The van der Waals surface area contributed by atoms with Gasteiger partial charge in [-0.1, -0.05) is 0 Å². The maximum Gasteiger partial charge on any atom is 0.298 e. The van der Waals surface area contributed by atoms with Crippen molar-refractivity contribution in [2.75, 3.05) is 32.2 Å². The minimum atomic E-state index is -0.313. The molecule has 1 heterocycles. The van der Waals surface area contributed by atoms with Crippen LogP contribution < -0.4 is 4.90 Å². The molecular formula is C11H13FN2O2. The zero-order valence-corrected chi connectivity index (χ0v) is 9.24. The van der Waals surface area contributed by atoms with E-state index >= 15 is 0 Å². The summed E-state index contributed by atoms with van der Waals surface area (Å²) in [6.07, 6.45) is 0. The topological polar surface area (TPSA) is 38.5 Å². The summed E-state index contributed by atoms with van der Waals surface area (Å²) >= 11 is 0. The van der Waals surface area contributed by atoms with Crippen molar-refractivity contribution in [3.05, 3.63) is 24.0 Å². The Kier molecular flexibility index (Phi) is 3.05. The van der Waals surface area contributed by atoms with Crippen molar-refractivity contribution >= 4 is 17.1 Å². The lowest BCUT2D eigenvalue weighted by molar-refractivity contribution is 0.205. The number of halogens is 1. The van der Waals surface area contributed by atoms with Crippen LogP contribution in [0, 0.1) is 5.82 Å². The number of hydrogen-bond acceptors (Lipinski definition) is 4. The van der Waals surface area contributed by atoms with Crippen LogP contribution in [0.3, 0.4) is 0 Å². The summed E-state index contributed by atoms with van der Waals surface area (Å²) < 4.78 is 23.4. The second kappa shape index (κ2) is 4.49. The molecule has 0 amide bonds. The number of methoxy groups -OCH3 is 1. The highest BCUT2D eigenvalue weighted by molar-refractivity contribution is 5.74. The van der Waals surface area contributed by atoms with Crippen LogP contribution in [-0.2, 0) is 4.74 Å². The number of hydrogen-bond donors (Lipinski definition) is 0. The van der Waals surface area contributed by atoms with Crippen molar-refractivity contribution in [3.63, 3.8) is 0 Å². The lowest BCUT2D eigenvalue weighted by atomic mass is 10.3. The number of fused-ring (bicyclic) bond motifs is 1. The second-order valence-corrected chi connectivity index (χ2v) is 3.52. The summed E-state index contributed by atoms with van der Waals surface area (Å²) in [7, 11) is 3.48. The number of ether oxygens (including phenoxy) is 1. The van der Waals surface area contributed by atoms with Crippen molar-refractivity contribution in [3.8, 4) is 0 Å². The smallest absolute Gasteiger partial charge is 0.298 e. The molecule has 0 unspecified atom stereocenters. The summed E-state index contributed by atoms with van der Waals surface area (Å²) in [5, 5.41) is 0. The lowest BCUT2D eigenvalue weighted by Gasteiger charge is -2.12. The van der Waals surface area contributed by atoms with E-state index in [-0.39, 0.29) is 5.82 Å². The molecule has 86 valence electrons. The Labute approximate surface area is 92.6 Å². The van der Waals surface area contributed by atoms with Gasteiger partial charge in [-0.2, -0.15) is 4.98 Å². The Bertz CT molecular complexity index is 484. The maximum atomic E-state index is 12.9. The molecule has 5 heteroatoms. The highest BCUT2D eigenvalue weighted by Gasteiger charge is 2.10. The fourth-order valence-corrected chi connectivity index (χ4v) is 1.38. The predicted octanol–water partition coefficient (Wildman–Crippen LogP) is 2.05. The number of anilines is 1. The predicted molar refractivity (Wildman–Crippen MR) is 59.1 cm³/mol. The third-order valence-electron chi connectivity index (χ3n) is 2.30. The van der Waals surface area contributed by atoms with Crippen molar-refractivity contribution < 1.29 is 13.5 Å². The van der Waals surface area contributed by atoms with E-state index < -0.39 is 0 Å². The normalized spacial score (nSPS) is 10.9. The van der Waals surface area contributed by atoms with Crippen molar-refractivity contribution in [1.82, 2.24) is 4.98 Å². The monoisotopic (exact) mass is 224 g/mol. The van der Waals surface area contributed by atoms with Crippen molar-refractivity contribution in [1.29, 1.82) is 0 Å². The third kappa shape index (κ3) is 2.14. The number of likely N-dealkylation sites (N-methyl/N-ethyl adjacent to an activating group) is 1. The Morgan fingerprint density at radius 2 is 2.31 bits per heavy atom. The van der Waals surface area contributed by atoms with E-state index in [2.05, 4.69) is 4.98 Å². The molecule has 0 saturated carbocycles. The first-order chi connectivity index (χ1) is 7.70. The SMILES string of the molecule is COCCN(C)c1nc2cc(F)ccc2o1. The Morgan fingerprint density at radius 1 is 1.50 bits per heavy atom. The van der Waals surface area contributed by atoms with Crippen LogP contribution in [-0.4, -0.2) is 32.3 Å². The highest BCUT2D eigenvalue weighted by atomic mass is 19.1. The van der Waals surface area contributed by atoms with Crippen LogP contribution in [0.4, 0.5) is 10.4 Å². The number of nitrogens with zero attached hydrogens (tertiary/aromatic N) is 2. The van der Waals surface area contributed by atoms with Crippen molar-refractivity contribution in [2.24, 2.45) is 0 Å². The summed E-state index contributed by atoms with van der Waals surface area (Å²) in [6.45, 7) is 1.26. The molecule has 0 spiro atoms. The first kappa shape index (κ1) is 10.9. The molecular weight excluding hydrogens is 211 g/mol. The van der Waals surface area contributed by atoms with Gasteiger partial charge in [-0.3, -0.25) is 0 Å². The molecule has 0 radical (unpaired) electrons. The Balaban J connectivity index is 2.25. The largest absolute Gasteiger partial charge is 0.423 e. The van der Waals surface area contributed by atoms with Gasteiger partial charge in [0, 0.05) is 26.8 Å². The van der Waals surface area contributed by atoms with E-state index in [0.717, 1.165) is 0 Å². The second-order valence-electron chi connectivity index (χ2n) is 3.52. The maximum absolute atomic E-state index is 12.9. The average molecular weight is 224 g/mol. The van der Waals surface area contributed by atoms with Gasteiger partial charge in [-0.25, -0.2) is 4.39 Å². The van der Waals surface area contributed by atoms with Crippen LogP contribution in [0.2, 0.25) is 0 Å². The zero-order valence-electron chi connectivity index (χ0n) is 9.24. The third-order valence-corrected chi connectivity index (χ3v) is 2.30. The molecule has 0 aliphatic heterocycles. The van der Waals surface area contributed by atoms with Gasteiger partial charge in [-0.15, -0.1) is 0 Å². The Hall–Kier alpha value is -1.62. The molecule has 1 aromatic heterocycles. The van der Waals surface area contributed by atoms with Gasteiger partial charge >= 0.3 is 0 Å². The molecule has 0 fully saturated rings. The molecule has 0 saturated heterocycles. The van der Waals surface area contributed by atoms with Gasteiger partial charge in [0.25, 0.3) is 6.01 Å². The molecule has 4 nitrogen and oxygen atoms in total. The van der Waals surface area contributed by atoms with E-state index in [1.807, 2.05) is 11.9 Å². The van der Waals surface area contributed by atoms with Crippen LogP contribution in [0.5, 0.6) is 0 Å². The molecule has 2 rings (SSSR count). The molecule has 0 aliphatic rings. The van der Waals surface area contributed by atoms with Crippen molar-refractivity contribution in [2.45, 2.75) is 0 Å². The summed E-state index contributed by atoms with van der Waals surface area (Å²) in [4.78, 5) is 6.01. The molecule has 0 bridgehead atoms. The molecule has 1 aromatic carbocycles. The average Bonchev–Trinajstić information content (AvgIpc) is 2.68. The Morgan fingerprint density at radius 3 is 3.06 bits per heavy atom. The number of aromatic nitrogens is 1. The highest BCUT2D eigenvalue weighted by Crippen LogP contribution is 2.21. The minimum Gasteiger partial charge on any atom is -0.423 e. The van der Waals surface area contributed by atoms with E-state index in [4.69, 9.17) is 9.15 Å². The summed E-state index contributed by atoms with van der Waals surface area (Å²) in [5.74, 6) is -0.313. The quantitative estimate of drug-likeness (QED) is 0.796. The van der Waals surface area contributed by atoms with Gasteiger partial charge in [0.1, 0.15) is 11.3 Å². The first-order valence-electron chi connectivity index (χ1n) is 4.97. The van der Waals surface area contributed by atoms with Gasteiger partial charge < -0.3 is 14.1 Å². The van der Waals surface area contributed by atoms with Crippen LogP contribution >= 0.6 is 0 Å². The van der Waals surface area contributed by atoms with Crippen LogP contribution in [0.25, 0.3) is 11.1 Å². The fraction of sp³-hybridized carbons (Fsp3) is 0.364. The van der Waals surface area contributed by atoms with Gasteiger partial charge in [0.2, 0.25) is 0 Å². The van der Waals surface area contributed by atoms with Crippen LogP contribution in [0.15, 0.2) is 22.6 Å². The standard InChI is InChI=1S/C11H13FN2O2/c1-14(5-6-15-2)11-13-9-7-8(12)3-4-10(9)16-11/h3-4,7H,5-6H2,1-2H3. The molecule has 2 aromatic rings. The van der Waals surface area contributed by atoms with E-state index in [1.54, 1.807) is 13.2 Å². The number of rotatable bonds is 4. The summed E-state index contributed by atoms with van der Waals surface area (Å²) in [6, 6.07) is 4.75. The zero-order chi connectivity index (χ0) is 11.5. The number of oxazole rings is 1. The fourth-order valence-electron chi connectivity index (χ4n) is 1.38. The molecule has 0 N–H and O–H groups in total. The van der Waals surface area contributed by atoms with Gasteiger partial charge in [0.05, 0.1) is 6.61 Å². The van der Waals surface area contributed by atoms with Crippen LogP contribution in [0.1, 0.15) is 0 Å². The lowest BCUT2D eigenvalue weighted by Crippen LogP contribution is -2.22. The summed E-state index contributed by atoms with van der Waals surface area (Å²) in [5.41, 5.74) is 1.11. The van der Waals surface area contributed by atoms with Gasteiger partial charge in [-0.05, 0) is 12.1 Å². The van der Waals surface area contributed by atoms with E-state index in [1.165, 1.54) is 12.1 Å². The minimum absolute atomic E-state index is 0.313. The van der Waals surface area contributed by atoms with E-state index in [0.29, 0.717) is 30.3 Å². The first-order valence-corrected chi connectivity index (χ1v) is 4.97. The van der Waals surface area contributed by atoms with E-state index in [9.17, 15) is 4.39 Å². The molecule has 0 atom stereocenters. The number of benzene rings is 1.